The Labute approximate surface area is 232 Å². The average molecular weight is 535 g/mol. The maximum atomic E-state index is 12.0. The van der Waals surface area contributed by atoms with Gasteiger partial charge in [-0.2, -0.15) is 0 Å². The van der Waals surface area contributed by atoms with Crippen LogP contribution in [0.4, 0.5) is 0 Å². The Bertz CT molecular complexity index is 910. The molecule has 0 amide bonds. The highest BCUT2D eigenvalue weighted by atomic mass is 16.5. The highest BCUT2D eigenvalue weighted by Crippen LogP contribution is 2.76. The molecule has 0 aromatic heterocycles. The minimum atomic E-state index is -1.10. The van der Waals surface area contributed by atoms with Crippen LogP contribution in [0, 0.1) is 45.3 Å². The first-order valence-corrected chi connectivity index (χ1v) is 15.7. The van der Waals surface area contributed by atoms with E-state index in [4.69, 9.17) is 9.47 Å². The van der Waals surface area contributed by atoms with Crippen molar-refractivity contribution in [2.45, 2.75) is 162 Å². The van der Waals surface area contributed by atoms with E-state index in [1.165, 1.54) is 19.3 Å². The number of aliphatic hydroxyl groups is 3. The van der Waals surface area contributed by atoms with Gasteiger partial charge in [0.05, 0.1) is 35.6 Å². The van der Waals surface area contributed by atoms with Crippen molar-refractivity contribution in [3.63, 3.8) is 0 Å². The third kappa shape index (κ3) is 3.95. The van der Waals surface area contributed by atoms with Crippen LogP contribution < -0.4 is 0 Å². The molecule has 5 rings (SSSR count). The molecule has 220 valence electrons. The van der Waals surface area contributed by atoms with E-state index >= 15 is 0 Å². The molecule has 0 radical (unpaired) electrons. The van der Waals surface area contributed by atoms with E-state index in [0.29, 0.717) is 24.4 Å². The van der Waals surface area contributed by atoms with Gasteiger partial charge in [0.25, 0.3) is 0 Å². The van der Waals surface area contributed by atoms with Crippen LogP contribution in [-0.4, -0.2) is 57.0 Å². The fourth-order valence-electron chi connectivity index (χ4n) is 11.8. The third-order valence-electron chi connectivity index (χ3n) is 13.6. The second-order valence-electron chi connectivity index (χ2n) is 16.8. The first-order valence-electron chi connectivity index (χ1n) is 15.7. The quantitative estimate of drug-likeness (QED) is 0.405. The van der Waals surface area contributed by atoms with Gasteiger partial charge in [-0.25, -0.2) is 0 Å². The summed E-state index contributed by atoms with van der Waals surface area (Å²) in [6.07, 6.45) is 7.10. The van der Waals surface area contributed by atoms with Crippen molar-refractivity contribution >= 4 is 0 Å². The number of hydrogen-bond donors (Lipinski definition) is 3. The van der Waals surface area contributed by atoms with Crippen LogP contribution in [0.25, 0.3) is 0 Å². The molecule has 12 atom stereocenters. The number of rotatable bonds is 4. The minimum Gasteiger partial charge on any atom is -0.393 e. The van der Waals surface area contributed by atoms with Crippen LogP contribution in [0.3, 0.4) is 0 Å². The maximum Gasteiger partial charge on any atom is 0.112 e. The molecule has 38 heavy (non-hydrogen) atoms. The van der Waals surface area contributed by atoms with Gasteiger partial charge in [0.1, 0.15) is 6.10 Å². The molecule has 4 aliphatic carbocycles. The van der Waals surface area contributed by atoms with Gasteiger partial charge in [-0.05, 0) is 125 Å². The van der Waals surface area contributed by atoms with E-state index < -0.39 is 23.4 Å². The summed E-state index contributed by atoms with van der Waals surface area (Å²) in [6, 6.07) is 0. The molecule has 0 bridgehead atoms. The van der Waals surface area contributed by atoms with Crippen molar-refractivity contribution in [1.29, 1.82) is 0 Å². The number of fused-ring (bicyclic) bond motifs is 5. The lowest BCUT2D eigenvalue weighted by Gasteiger charge is -2.70. The van der Waals surface area contributed by atoms with E-state index in [-0.39, 0.29) is 45.7 Å². The van der Waals surface area contributed by atoms with Crippen LogP contribution in [0.15, 0.2) is 0 Å². The van der Waals surface area contributed by atoms with Crippen molar-refractivity contribution in [2.24, 2.45) is 45.3 Å². The van der Waals surface area contributed by atoms with Crippen LogP contribution in [0.5, 0.6) is 0 Å². The first-order chi connectivity index (χ1) is 17.3. The highest BCUT2D eigenvalue weighted by molar-refractivity contribution is 5.21. The second-order valence-corrected chi connectivity index (χ2v) is 16.8. The summed E-state index contributed by atoms with van der Waals surface area (Å²) in [5.74, 6) is 1.40. The summed E-state index contributed by atoms with van der Waals surface area (Å²) >= 11 is 0. The predicted octanol–water partition coefficient (Wildman–Crippen LogP) is 6.12. The lowest BCUT2D eigenvalue weighted by Crippen LogP contribution is -2.66. The van der Waals surface area contributed by atoms with Gasteiger partial charge in [-0.3, -0.25) is 0 Å². The van der Waals surface area contributed by atoms with Crippen molar-refractivity contribution in [3.05, 3.63) is 0 Å². The topological polar surface area (TPSA) is 79.2 Å². The Hall–Kier alpha value is -0.200. The van der Waals surface area contributed by atoms with Crippen LogP contribution in [0.2, 0.25) is 0 Å². The van der Waals surface area contributed by atoms with Crippen molar-refractivity contribution in [1.82, 2.24) is 0 Å². The van der Waals surface area contributed by atoms with Crippen LogP contribution >= 0.6 is 0 Å². The van der Waals surface area contributed by atoms with E-state index in [1.54, 1.807) is 13.8 Å². The second kappa shape index (κ2) is 8.90. The molecule has 10 unspecified atom stereocenters. The maximum absolute atomic E-state index is 12.0. The fourth-order valence-corrected chi connectivity index (χ4v) is 11.8. The van der Waals surface area contributed by atoms with Crippen molar-refractivity contribution in [3.8, 4) is 0 Å². The van der Waals surface area contributed by atoms with E-state index in [0.717, 1.165) is 25.7 Å². The SMILES string of the molecule is CC(C)O[C@H]1CC[C@@]2(C)C(CCC3(C)C2CC(O)C2C(C4(C)CC(O)C(C(C)(C)O)O4)CCC23C)C1(C)C. The Morgan fingerprint density at radius 3 is 2.05 bits per heavy atom. The van der Waals surface area contributed by atoms with E-state index in [9.17, 15) is 15.3 Å². The Balaban J connectivity index is 1.46. The molecule has 0 spiro atoms. The number of ether oxygens (including phenoxy) is 2. The molecule has 1 saturated heterocycles. The molecule has 0 aromatic carbocycles. The summed E-state index contributed by atoms with van der Waals surface area (Å²) < 4.78 is 13.1. The van der Waals surface area contributed by atoms with Gasteiger partial charge in [-0.1, -0.05) is 34.6 Å². The van der Waals surface area contributed by atoms with Crippen LogP contribution in [-0.2, 0) is 9.47 Å². The summed E-state index contributed by atoms with van der Waals surface area (Å²) in [4.78, 5) is 0. The van der Waals surface area contributed by atoms with Crippen molar-refractivity contribution in [2.75, 3.05) is 0 Å². The summed E-state index contributed by atoms with van der Waals surface area (Å²) in [5, 5.41) is 33.7. The lowest BCUT2D eigenvalue weighted by molar-refractivity contribution is -0.254. The minimum absolute atomic E-state index is 0.0214. The Morgan fingerprint density at radius 2 is 1.47 bits per heavy atom. The molecule has 5 fully saturated rings. The predicted molar refractivity (Wildman–Crippen MR) is 151 cm³/mol. The standard InChI is InChI=1S/C33H58O5/c1-19(2)37-25-13-14-30(7)23(28(25,3)4)12-16-31(8)24(30)17-21(34)26-20(11-15-32(26,31)9)33(10)18-22(35)27(38-33)29(5,6)36/h19-27,34-36H,11-18H2,1-10H3/t20?,21?,22?,23?,24?,25-,26?,27?,30-,31?,32?,33?/m0/s1. The normalized spacial score (nSPS) is 54.5. The largest absolute Gasteiger partial charge is 0.393 e. The molecule has 4 saturated carbocycles. The summed E-state index contributed by atoms with van der Waals surface area (Å²) in [7, 11) is 0. The average Bonchev–Trinajstić information content (AvgIpc) is 3.31. The van der Waals surface area contributed by atoms with Gasteiger partial charge in [0.15, 0.2) is 0 Å². The fraction of sp³-hybridized carbons (Fsp3) is 1.00. The molecule has 3 N–H and O–H groups in total. The van der Waals surface area contributed by atoms with Crippen molar-refractivity contribution < 1.29 is 24.8 Å². The summed E-state index contributed by atoms with van der Waals surface area (Å²) in [6.45, 7) is 22.4. The van der Waals surface area contributed by atoms with Gasteiger partial charge in [0.2, 0.25) is 0 Å². The van der Waals surface area contributed by atoms with Crippen LogP contribution in [0.1, 0.15) is 121 Å². The van der Waals surface area contributed by atoms with Gasteiger partial charge < -0.3 is 24.8 Å². The zero-order chi connectivity index (χ0) is 28.3. The molecule has 1 aliphatic heterocycles. The van der Waals surface area contributed by atoms with Gasteiger partial charge in [0, 0.05) is 6.42 Å². The molecule has 5 heteroatoms. The zero-order valence-corrected chi connectivity index (χ0v) is 26.0. The molecule has 5 nitrogen and oxygen atoms in total. The smallest absolute Gasteiger partial charge is 0.112 e. The molecule has 5 aliphatic rings. The Morgan fingerprint density at radius 1 is 0.842 bits per heavy atom. The van der Waals surface area contributed by atoms with E-state index in [2.05, 4.69) is 55.4 Å². The first kappa shape index (κ1) is 29.3. The third-order valence-corrected chi connectivity index (χ3v) is 13.6. The highest BCUT2D eigenvalue weighted by Gasteiger charge is 2.72. The molecular weight excluding hydrogens is 476 g/mol. The van der Waals surface area contributed by atoms with Gasteiger partial charge >= 0.3 is 0 Å². The lowest BCUT2D eigenvalue weighted by atomic mass is 9.35. The number of hydrogen-bond acceptors (Lipinski definition) is 5. The monoisotopic (exact) mass is 534 g/mol. The Kier molecular flexibility index (Phi) is 6.86. The molecule has 1 heterocycles. The number of aliphatic hydroxyl groups excluding tert-OH is 2. The zero-order valence-electron chi connectivity index (χ0n) is 26.0. The van der Waals surface area contributed by atoms with Gasteiger partial charge in [-0.15, -0.1) is 0 Å². The molecular formula is C33H58O5. The van der Waals surface area contributed by atoms with E-state index in [1.807, 2.05) is 0 Å². The molecule has 0 aromatic rings. The summed E-state index contributed by atoms with van der Waals surface area (Å²) in [5.41, 5.74) is -1.15.